The van der Waals surface area contributed by atoms with Crippen LogP contribution in [0.4, 0.5) is 0 Å². The molecule has 1 aromatic carbocycles. The Balaban J connectivity index is 1.84. The van der Waals surface area contributed by atoms with Crippen LogP contribution in [0.1, 0.15) is 36.3 Å². The van der Waals surface area contributed by atoms with Crippen molar-refractivity contribution in [1.29, 1.82) is 0 Å². The predicted molar refractivity (Wildman–Crippen MR) is 91.3 cm³/mol. The molecule has 0 saturated carbocycles. The van der Waals surface area contributed by atoms with Gasteiger partial charge in [0.1, 0.15) is 0 Å². The molecule has 1 N–H and O–H groups in total. The van der Waals surface area contributed by atoms with E-state index in [1.54, 1.807) is 7.11 Å². The fourth-order valence-corrected chi connectivity index (χ4v) is 4.58. The Morgan fingerprint density at radius 2 is 2.09 bits per heavy atom. The van der Waals surface area contributed by atoms with Crippen molar-refractivity contribution in [2.24, 2.45) is 0 Å². The average molecular weight is 311 g/mol. The summed E-state index contributed by atoms with van der Waals surface area (Å²) >= 11 is 0. The van der Waals surface area contributed by atoms with E-state index >= 15 is 0 Å². The average Bonchev–Trinajstić information content (AvgIpc) is 2.72. The lowest BCUT2D eigenvalue weighted by Crippen LogP contribution is -2.42. The van der Waals surface area contributed by atoms with Crippen molar-refractivity contribution in [3.8, 4) is 0 Å². The molecule has 1 aliphatic heterocycles. The van der Waals surface area contributed by atoms with Gasteiger partial charge in [-0.2, -0.15) is 0 Å². The molecule has 23 heavy (non-hydrogen) atoms. The van der Waals surface area contributed by atoms with E-state index in [0.29, 0.717) is 18.4 Å². The van der Waals surface area contributed by atoms with Gasteiger partial charge in [0.15, 0.2) is 5.79 Å². The minimum absolute atomic E-state index is 0.370. The summed E-state index contributed by atoms with van der Waals surface area (Å²) in [6, 6.07) is 9.36. The molecule has 0 aromatic heterocycles. The first-order valence-corrected chi connectivity index (χ1v) is 8.58. The molecule has 122 valence electrons. The Morgan fingerprint density at radius 3 is 2.91 bits per heavy atom. The number of ether oxygens (including phenoxy) is 1. The zero-order valence-electron chi connectivity index (χ0n) is 14.0. The highest BCUT2D eigenvalue weighted by atomic mass is 16.6. The van der Waals surface area contributed by atoms with Crippen molar-refractivity contribution in [3.05, 3.63) is 58.7 Å². The molecule has 3 nitrogen and oxygen atoms in total. The van der Waals surface area contributed by atoms with E-state index in [4.69, 9.17) is 4.74 Å². The van der Waals surface area contributed by atoms with Gasteiger partial charge in [0, 0.05) is 32.0 Å². The standard InChI is InChI=1S/C20H25NO2/c1-21-12-10-14-5-3-4-6-16(14)19-17-13-20(22,23-2)11-9-15(17)7-8-18(19)21/h3-6,9,11,18-19,22H,7-8,10,12-13H2,1-2H3. The second kappa shape index (κ2) is 5.59. The van der Waals surface area contributed by atoms with Gasteiger partial charge < -0.3 is 14.7 Å². The first kappa shape index (κ1) is 15.1. The third-order valence-corrected chi connectivity index (χ3v) is 5.91. The largest absolute Gasteiger partial charge is 0.362 e. The molecule has 3 atom stereocenters. The minimum Gasteiger partial charge on any atom is -0.362 e. The molecular weight excluding hydrogens is 286 g/mol. The maximum absolute atomic E-state index is 10.6. The van der Waals surface area contributed by atoms with Crippen LogP contribution in [0, 0.1) is 0 Å². The number of benzene rings is 1. The van der Waals surface area contributed by atoms with E-state index in [-0.39, 0.29) is 0 Å². The molecule has 0 saturated heterocycles. The van der Waals surface area contributed by atoms with E-state index in [2.05, 4.69) is 42.3 Å². The molecule has 2 aliphatic carbocycles. The molecule has 0 spiro atoms. The number of rotatable bonds is 1. The van der Waals surface area contributed by atoms with E-state index in [1.807, 2.05) is 6.08 Å². The monoisotopic (exact) mass is 311 g/mol. The quantitative estimate of drug-likeness (QED) is 0.809. The zero-order valence-corrected chi connectivity index (χ0v) is 14.0. The second-order valence-corrected chi connectivity index (χ2v) is 7.12. The molecule has 3 unspecified atom stereocenters. The number of fused-ring (bicyclic) bond motifs is 4. The van der Waals surface area contributed by atoms with Crippen LogP contribution in [0.3, 0.4) is 0 Å². The van der Waals surface area contributed by atoms with Gasteiger partial charge in [-0.05, 0) is 49.1 Å². The Labute approximate surface area is 138 Å². The predicted octanol–water partition coefficient (Wildman–Crippen LogP) is 3.01. The highest BCUT2D eigenvalue weighted by molar-refractivity contribution is 5.47. The van der Waals surface area contributed by atoms with Crippen molar-refractivity contribution in [3.63, 3.8) is 0 Å². The Morgan fingerprint density at radius 1 is 1.26 bits per heavy atom. The third kappa shape index (κ3) is 2.47. The smallest absolute Gasteiger partial charge is 0.189 e. The number of hydrogen-bond acceptors (Lipinski definition) is 3. The van der Waals surface area contributed by atoms with Gasteiger partial charge in [0.2, 0.25) is 0 Å². The molecule has 3 aliphatic rings. The summed E-state index contributed by atoms with van der Waals surface area (Å²) in [5.41, 5.74) is 5.67. The molecule has 4 rings (SSSR count). The minimum atomic E-state index is -1.15. The van der Waals surface area contributed by atoms with Gasteiger partial charge in [0.25, 0.3) is 0 Å². The fraction of sp³-hybridized carbons (Fsp3) is 0.500. The lowest BCUT2D eigenvalue weighted by molar-refractivity contribution is -0.146. The van der Waals surface area contributed by atoms with E-state index < -0.39 is 5.79 Å². The van der Waals surface area contributed by atoms with Gasteiger partial charge in [-0.1, -0.05) is 35.9 Å². The molecule has 1 aromatic rings. The van der Waals surface area contributed by atoms with Crippen LogP contribution in [-0.4, -0.2) is 42.5 Å². The van der Waals surface area contributed by atoms with E-state index in [1.165, 1.54) is 28.7 Å². The Bertz CT molecular complexity index is 678. The van der Waals surface area contributed by atoms with Crippen molar-refractivity contribution >= 4 is 0 Å². The molecule has 0 radical (unpaired) electrons. The summed E-state index contributed by atoms with van der Waals surface area (Å²) in [4.78, 5) is 2.51. The summed E-state index contributed by atoms with van der Waals surface area (Å²) in [5, 5.41) is 10.6. The lowest BCUT2D eigenvalue weighted by atomic mass is 9.70. The summed E-state index contributed by atoms with van der Waals surface area (Å²) in [5.74, 6) is -0.783. The maximum Gasteiger partial charge on any atom is 0.189 e. The van der Waals surface area contributed by atoms with Gasteiger partial charge in [-0.15, -0.1) is 0 Å². The third-order valence-electron chi connectivity index (χ3n) is 5.91. The second-order valence-electron chi connectivity index (χ2n) is 7.12. The van der Waals surface area contributed by atoms with Crippen LogP contribution in [0.2, 0.25) is 0 Å². The molecular formula is C20H25NO2. The number of nitrogens with zero attached hydrogens (tertiary/aromatic N) is 1. The zero-order chi connectivity index (χ0) is 16.0. The normalized spacial score (nSPS) is 33.7. The van der Waals surface area contributed by atoms with Crippen molar-refractivity contribution in [2.45, 2.75) is 43.4 Å². The lowest BCUT2D eigenvalue weighted by Gasteiger charge is -2.42. The summed E-state index contributed by atoms with van der Waals surface area (Å²) < 4.78 is 5.37. The molecule has 3 heteroatoms. The summed E-state index contributed by atoms with van der Waals surface area (Å²) in [7, 11) is 3.83. The molecule has 0 amide bonds. The van der Waals surface area contributed by atoms with Gasteiger partial charge in [-0.25, -0.2) is 0 Å². The SMILES string of the molecule is COC1(O)C=CC2=C(C1)C1c3ccccc3CCN(C)C1CC2. The highest BCUT2D eigenvalue weighted by Gasteiger charge is 2.41. The van der Waals surface area contributed by atoms with Crippen molar-refractivity contribution in [1.82, 2.24) is 4.90 Å². The highest BCUT2D eigenvalue weighted by Crippen LogP contribution is 2.47. The molecule has 1 heterocycles. The summed E-state index contributed by atoms with van der Waals surface area (Å²) in [6.45, 7) is 1.10. The van der Waals surface area contributed by atoms with Crippen LogP contribution in [0.5, 0.6) is 0 Å². The van der Waals surface area contributed by atoms with Crippen LogP contribution in [0.25, 0.3) is 0 Å². The number of methoxy groups -OCH3 is 1. The first-order valence-electron chi connectivity index (χ1n) is 8.58. The summed E-state index contributed by atoms with van der Waals surface area (Å²) in [6.07, 6.45) is 7.87. The number of hydrogen-bond donors (Lipinski definition) is 1. The maximum atomic E-state index is 10.6. The van der Waals surface area contributed by atoms with Crippen molar-refractivity contribution in [2.75, 3.05) is 20.7 Å². The van der Waals surface area contributed by atoms with Crippen LogP contribution in [0.15, 0.2) is 47.6 Å². The number of allylic oxidation sites excluding steroid dienone is 2. The van der Waals surface area contributed by atoms with Crippen LogP contribution < -0.4 is 0 Å². The molecule has 0 fully saturated rings. The van der Waals surface area contributed by atoms with Crippen molar-refractivity contribution < 1.29 is 9.84 Å². The van der Waals surface area contributed by atoms with E-state index in [0.717, 1.165) is 19.4 Å². The topological polar surface area (TPSA) is 32.7 Å². The van der Waals surface area contributed by atoms with E-state index in [9.17, 15) is 5.11 Å². The van der Waals surface area contributed by atoms with Gasteiger partial charge in [0.05, 0.1) is 0 Å². The Hall–Kier alpha value is -1.42. The van der Waals surface area contributed by atoms with Crippen LogP contribution >= 0.6 is 0 Å². The van der Waals surface area contributed by atoms with Gasteiger partial charge in [-0.3, -0.25) is 0 Å². The fourth-order valence-electron chi connectivity index (χ4n) is 4.58. The van der Waals surface area contributed by atoms with Gasteiger partial charge >= 0.3 is 0 Å². The number of likely N-dealkylation sites (N-methyl/N-ethyl adjacent to an activating group) is 1. The number of aliphatic hydroxyl groups is 1. The first-order chi connectivity index (χ1) is 11.1. The molecule has 0 bridgehead atoms. The van der Waals surface area contributed by atoms with Crippen LogP contribution in [-0.2, 0) is 11.2 Å². The Kier molecular flexibility index (Phi) is 3.67.